The van der Waals surface area contributed by atoms with Crippen LogP contribution in [0.4, 0.5) is 0 Å². The maximum atomic E-state index is 13.1. The van der Waals surface area contributed by atoms with Crippen molar-refractivity contribution in [2.75, 3.05) is 33.4 Å². The van der Waals surface area contributed by atoms with Crippen LogP contribution in [0.3, 0.4) is 0 Å². The third-order valence-corrected chi connectivity index (χ3v) is 8.67. The Morgan fingerprint density at radius 2 is 1.90 bits per heavy atom. The van der Waals surface area contributed by atoms with E-state index >= 15 is 0 Å². The van der Waals surface area contributed by atoms with Gasteiger partial charge in [0.15, 0.2) is 0 Å². The highest BCUT2D eigenvalue weighted by molar-refractivity contribution is 7.89. The number of carbonyl (C=O) groups excluding carboxylic acids is 1. The fourth-order valence-corrected chi connectivity index (χ4v) is 6.31. The molecule has 1 spiro atoms. The van der Waals surface area contributed by atoms with Crippen LogP contribution in [0.1, 0.15) is 39.5 Å². The van der Waals surface area contributed by atoms with Gasteiger partial charge in [0.2, 0.25) is 15.9 Å². The Bertz CT molecular complexity index is 902. The maximum Gasteiger partial charge on any atom is 0.243 e. The molecule has 1 atom stereocenters. The number of hydrogen-bond donors (Lipinski definition) is 1. The summed E-state index contributed by atoms with van der Waals surface area (Å²) >= 11 is 12.0. The lowest BCUT2D eigenvalue weighted by molar-refractivity contribution is -0.133. The fourth-order valence-electron chi connectivity index (χ4n) is 4.48. The molecule has 3 rings (SSSR count). The molecule has 0 aliphatic carbocycles. The number of methoxy groups -OCH3 is 1. The number of carbonyl (C=O) groups is 1. The van der Waals surface area contributed by atoms with E-state index in [2.05, 4.69) is 19.2 Å². The average Bonchev–Trinajstić information content (AvgIpc) is 2.95. The molecule has 0 bridgehead atoms. The number of ether oxygens (including phenoxy) is 1. The van der Waals surface area contributed by atoms with Crippen molar-refractivity contribution in [3.05, 3.63) is 28.2 Å². The van der Waals surface area contributed by atoms with Crippen molar-refractivity contribution >= 4 is 39.1 Å². The third kappa shape index (κ3) is 5.20. The van der Waals surface area contributed by atoms with Gasteiger partial charge < -0.3 is 9.64 Å². The maximum absolute atomic E-state index is 13.1. The summed E-state index contributed by atoms with van der Waals surface area (Å²) in [7, 11) is -2.05. The van der Waals surface area contributed by atoms with Crippen molar-refractivity contribution in [1.29, 1.82) is 0 Å². The standard InChI is InChI=1S/C21H31Cl2N3O4S/c1-15(2)13-19-20(27)26(9-4-12-30-3)21(24-19)7-10-25(11-8-21)31(28,29)16-5-6-17(22)18(23)14-16/h5-6,14-15,19,24H,4,7-13H2,1-3H3/t19-/m0/s1. The van der Waals surface area contributed by atoms with E-state index < -0.39 is 15.7 Å². The number of benzene rings is 1. The van der Waals surface area contributed by atoms with Gasteiger partial charge in [-0.15, -0.1) is 0 Å². The van der Waals surface area contributed by atoms with Gasteiger partial charge in [-0.1, -0.05) is 37.0 Å². The molecule has 0 unspecified atom stereocenters. The second-order valence-electron chi connectivity index (χ2n) is 8.67. The van der Waals surface area contributed by atoms with E-state index in [4.69, 9.17) is 27.9 Å². The van der Waals surface area contributed by atoms with Crippen LogP contribution in [0.15, 0.2) is 23.1 Å². The molecule has 0 saturated carbocycles. The largest absolute Gasteiger partial charge is 0.385 e. The molecule has 1 N–H and O–H groups in total. The molecule has 2 saturated heterocycles. The number of nitrogens with zero attached hydrogens (tertiary/aromatic N) is 2. The number of amides is 1. The number of rotatable bonds is 8. The second-order valence-corrected chi connectivity index (χ2v) is 11.4. The summed E-state index contributed by atoms with van der Waals surface area (Å²) in [6.45, 7) is 6.00. The molecule has 0 aromatic heterocycles. The summed E-state index contributed by atoms with van der Waals surface area (Å²) in [6, 6.07) is 4.12. The molecule has 1 amide bonds. The van der Waals surface area contributed by atoms with E-state index in [0.29, 0.717) is 50.0 Å². The fraction of sp³-hybridized carbons (Fsp3) is 0.667. The highest BCUT2D eigenvalue weighted by Crippen LogP contribution is 2.36. The van der Waals surface area contributed by atoms with Gasteiger partial charge in [-0.2, -0.15) is 4.31 Å². The normalized spacial score (nSPS) is 22.1. The molecular weight excluding hydrogens is 461 g/mol. The zero-order chi connectivity index (χ0) is 22.8. The lowest BCUT2D eigenvalue weighted by atomic mass is 9.97. The predicted octanol–water partition coefficient (Wildman–Crippen LogP) is 3.36. The summed E-state index contributed by atoms with van der Waals surface area (Å²) in [5.74, 6) is 0.484. The monoisotopic (exact) mass is 491 g/mol. The van der Waals surface area contributed by atoms with Crippen LogP contribution in [0.25, 0.3) is 0 Å². The Kier molecular flexibility index (Phi) is 7.92. The molecule has 2 aliphatic rings. The van der Waals surface area contributed by atoms with Crippen molar-refractivity contribution < 1.29 is 17.9 Å². The number of halogens is 2. The smallest absolute Gasteiger partial charge is 0.243 e. The number of sulfonamides is 1. The zero-order valence-corrected chi connectivity index (χ0v) is 20.6. The summed E-state index contributed by atoms with van der Waals surface area (Å²) < 4.78 is 32.9. The van der Waals surface area contributed by atoms with Gasteiger partial charge in [-0.3, -0.25) is 10.1 Å². The van der Waals surface area contributed by atoms with E-state index in [1.54, 1.807) is 7.11 Å². The molecule has 2 heterocycles. The molecule has 1 aromatic carbocycles. The van der Waals surface area contributed by atoms with Gasteiger partial charge in [-0.05, 0) is 49.8 Å². The van der Waals surface area contributed by atoms with Crippen LogP contribution < -0.4 is 5.32 Å². The molecule has 2 fully saturated rings. The van der Waals surface area contributed by atoms with Crippen LogP contribution in [0.5, 0.6) is 0 Å². The van der Waals surface area contributed by atoms with Crippen LogP contribution in [0.2, 0.25) is 10.0 Å². The van der Waals surface area contributed by atoms with Gasteiger partial charge in [0.1, 0.15) is 0 Å². The van der Waals surface area contributed by atoms with Crippen molar-refractivity contribution in [3.8, 4) is 0 Å². The summed E-state index contributed by atoms with van der Waals surface area (Å²) in [4.78, 5) is 15.2. The van der Waals surface area contributed by atoms with Crippen molar-refractivity contribution in [1.82, 2.24) is 14.5 Å². The highest BCUT2D eigenvalue weighted by atomic mass is 35.5. The van der Waals surface area contributed by atoms with E-state index in [9.17, 15) is 13.2 Å². The second kappa shape index (κ2) is 9.93. The zero-order valence-electron chi connectivity index (χ0n) is 18.2. The quantitative estimate of drug-likeness (QED) is 0.564. The van der Waals surface area contributed by atoms with Gasteiger partial charge in [-0.25, -0.2) is 8.42 Å². The average molecular weight is 492 g/mol. The molecular formula is C21H31Cl2N3O4S. The van der Waals surface area contributed by atoms with Crippen LogP contribution in [-0.4, -0.2) is 68.6 Å². The molecule has 7 nitrogen and oxygen atoms in total. The van der Waals surface area contributed by atoms with Crippen molar-refractivity contribution in [2.24, 2.45) is 5.92 Å². The number of piperidine rings is 1. The number of nitrogens with one attached hydrogen (secondary N) is 1. The summed E-state index contributed by atoms with van der Waals surface area (Å²) in [6.07, 6.45) is 2.56. The Hall–Kier alpha value is -0.900. The van der Waals surface area contributed by atoms with Crippen LogP contribution in [0, 0.1) is 5.92 Å². The van der Waals surface area contributed by atoms with E-state index in [1.807, 2.05) is 4.90 Å². The molecule has 10 heteroatoms. The first-order valence-electron chi connectivity index (χ1n) is 10.6. The Balaban J connectivity index is 1.77. The Morgan fingerprint density at radius 1 is 1.23 bits per heavy atom. The minimum absolute atomic E-state index is 0.102. The van der Waals surface area contributed by atoms with Crippen LogP contribution >= 0.6 is 23.2 Å². The Morgan fingerprint density at radius 3 is 2.48 bits per heavy atom. The molecule has 1 aromatic rings. The van der Waals surface area contributed by atoms with E-state index in [0.717, 1.165) is 12.8 Å². The minimum atomic E-state index is -3.69. The first kappa shape index (κ1) is 24.7. The van der Waals surface area contributed by atoms with Gasteiger partial charge in [0.25, 0.3) is 0 Å². The first-order valence-corrected chi connectivity index (χ1v) is 12.8. The van der Waals surface area contributed by atoms with E-state index in [1.165, 1.54) is 22.5 Å². The van der Waals surface area contributed by atoms with Gasteiger partial charge in [0, 0.05) is 33.4 Å². The van der Waals surface area contributed by atoms with Crippen molar-refractivity contribution in [2.45, 2.75) is 56.1 Å². The Labute approximate surface area is 195 Å². The van der Waals surface area contributed by atoms with Gasteiger partial charge in [0.05, 0.1) is 26.6 Å². The SMILES string of the molecule is COCCCN1C(=O)[C@H](CC(C)C)NC12CCN(S(=O)(=O)c1ccc(Cl)c(Cl)c1)CC2. The molecule has 174 valence electrons. The molecule has 31 heavy (non-hydrogen) atoms. The molecule has 0 radical (unpaired) electrons. The van der Waals surface area contributed by atoms with Crippen LogP contribution in [-0.2, 0) is 19.6 Å². The lowest BCUT2D eigenvalue weighted by Crippen LogP contribution is -2.59. The summed E-state index contributed by atoms with van der Waals surface area (Å²) in [5.41, 5.74) is -0.520. The van der Waals surface area contributed by atoms with E-state index in [-0.39, 0.29) is 21.9 Å². The minimum Gasteiger partial charge on any atom is -0.385 e. The summed E-state index contributed by atoms with van der Waals surface area (Å²) in [5, 5.41) is 4.09. The van der Waals surface area contributed by atoms with Crippen molar-refractivity contribution in [3.63, 3.8) is 0 Å². The topological polar surface area (TPSA) is 79.0 Å². The number of hydrogen-bond acceptors (Lipinski definition) is 5. The predicted molar refractivity (Wildman–Crippen MR) is 122 cm³/mol. The molecule has 2 aliphatic heterocycles. The third-order valence-electron chi connectivity index (χ3n) is 6.04. The lowest BCUT2D eigenvalue weighted by Gasteiger charge is -2.44. The first-order chi connectivity index (χ1) is 14.6. The van der Waals surface area contributed by atoms with Gasteiger partial charge >= 0.3 is 0 Å². The highest BCUT2D eigenvalue weighted by Gasteiger charge is 2.52.